The molecule has 0 aliphatic rings. The number of nitrogens with zero attached hydrogens (tertiary/aromatic N) is 4. The molecule has 1 amide bonds. The molecular weight excluding hydrogens is 366 g/mol. The average Bonchev–Trinajstić information content (AvgIpc) is 3.27. The number of nitrogens with one attached hydrogen (secondary N) is 1. The monoisotopic (exact) mass is 383 g/mol. The molecule has 132 valence electrons. The summed E-state index contributed by atoms with van der Waals surface area (Å²) in [5, 5.41) is 19.2. The molecule has 1 N–H and O–H groups in total. The molecule has 0 spiro atoms. The number of nitriles is 1. The molecule has 0 aliphatic carbocycles. The molecule has 0 unspecified atom stereocenters. The normalized spacial score (nSPS) is 10.7. The number of thiophene rings is 1. The van der Waals surface area contributed by atoms with Crippen LogP contribution in [-0.2, 0) is 4.79 Å². The Morgan fingerprint density at radius 3 is 2.81 bits per heavy atom. The van der Waals surface area contributed by atoms with E-state index in [2.05, 4.69) is 35.3 Å². The van der Waals surface area contributed by atoms with Crippen molar-refractivity contribution in [1.29, 1.82) is 5.26 Å². The lowest BCUT2D eigenvalue weighted by molar-refractivity contribution is -0.113. The van der Waals surface area contributed by atoms with Crippen LogP contribution in [0.2, 0.25) is 0 Å². The van der Waals surface area contributed by atoms with Gasteiger partial charge in [0, 0.05) is 5.92 Å². The molecule has 6 nitrogen and oxygen atoms in total. The fourth-order valence-corrected chi connectivity index (χ4v) is 3.67. The third-order valence-corrected chi connectivity index (χ3v) is 5.17. The number of amides is 1. The molecule has 0 radical (unpaired) electrons. The number of hydrogen-bond donors (Lipinski definition) is 1. The number of carbonyl (C=O) groups excluding carboxylic acids is 1. The van der Waals surface area contributed by atoms with Gasteiger partial charge in [-0.2, -0.15) is 5.26 Å². The standard InChI is InChI=1S/C18H17N5OS2/c1-12(2)16-21-18(22-23(16)14-6-4-3-5-7-14)26-11-15(24)20-17-13(10-19)8-9-25-17/h3-9,12H,11H2,1-2H3,(H,20,24). The van der Waals surface area contributed by atoms with E-state index in [1.807, 2.05) is 35.0 Å². The minimum atomic E-state index is -0.184. The number of rotatable bonds is 6. The van der Waals surface area contributed by atoms with E-state index < -0.39 is 0 Å². The zero-order valence-electron chi connectivity index (χ0n) is 14.3. The van der Waals surface area contributed by atoms with Crippen LogP contribution in [0.25, 0.3) is 5.69 Å². The van der Waals surface area contributed by atoms with Gasteiger partial charge >= 0.3 is 0 Å². The first-order valence-electron chi connectivity index (χ1n) is 8.01. The van der Waals surface area contributed by atoms with E-state index >= 15 is 0 Å². The molecule has 0 fully saturated rings. The van der Waals surface area contributed by atoms with Crippen molar-refractivity contribution in [1.82, 2.24) is 14.8 Å². The third-order valence-electron chi connectivity index (χ3n) is 3.50. The second-order valence-corrected chi connectivity index (χ2v) is 7.63. The number of thioether (sulfide) groups is 1. The first-order chi connectivity index (χ1) is 12.6. The van der Waals surface area contributed by atoms with Crippen LogP contribution in [0.4, 0.5) is 5.00 Å². The minimum absolute atomic E-state index is 0.180. The van der Waals surface area contributed by atoms with Gasteiger partial charge < -0.3 is 5.32 Å². The van der Waals surface area contributed by atoms with Crippen molar-refractivity contribution in [2.75, 3.05) is 11.1 Å². The lowest BCUT2D eigenvalue weighted by Crippen LogP contribution is -2.13. The molecular formula is C18H17N5OS2. The number of anilines is 1. The van der Waals surface area contributed by atoms with E-state index in [1.54, 1.807) is 11.4 Å². The van der Waals surface area contributed by atoms with E-state index in [-0.39, 0.29) is 17.6 Å². The summed E-state index contributed by atoms with van der Waals surface area (Å²) >= 11 is 2.61. The summed E-state index contributed by atoms with van der Waals surface area (Å²) in [6, 6.07) is 13.6. The summed E-state index contributed by atoms with van der Waals surface area (Å²) in [4.78, 5) is 16.7. The Hall–Kier alpha value is -2.63. The largest absolute Gasteiger partial charge is 0.316 e. The van der Waals surface area contributed by atoms with Gasteiger partial charge in [0.25, 0.3) is 0 Å². The second-order valence-electron chi connectivity index (χ2n) is 5.77. The van der Waals surface area contributed by atoms with Gasteiger partial charge in [0.05, 0.1) is 17.0 Å². The summed E-state index contributed by atoms with van der Waals surface area (Å²) in [7, 11) is 0. The maximum absolute atomic E-state index is 12.2. The van der Waals surface area contributed by atoms with Crippen molar-refractivity contribution < 1.29 is 4.79 Å². The van der Waals surface area contributed by atoms with Crippen LogP contribution in [0.15, 0.2) is 46.9 Å². The summed E-state index contributed by atoms with van der Waals surface area (Å²) in [5.41, 5.74) is 1.42. The van der Waals surface area contributed by atoms with Crippen LogP contribution in [-0.4, -0.2) is 26.4 Å². The lowest BCUT2D eigenvalue weighted by Gasteiger charge is -2.07. The van der Waals surface area contributed by atoms with Crippen LogP contribution in [0.3, 0.4) is 0 Å². The molecule has 3 aromatic rings. The highest BCUT2D eigenvalue weighted by Gasteiger charge is 2.16. The molecule has 8 heteroatoms. The fraction of sp³-hybridized carbons (Fsp3) is 0.222. The quantitative estimate of drug-likeness (QED) is 0.649. The van der Waals surface area contributed by atoms with E-state index in [9.17, 15) is 4.79 Å². The molecule has 0 saturated heterocycles. The van der Waals surface area contributed by atoms with Crippen LogP contribution in [0.5, 0.6) is 0 Å². The van der Waals surface area contributed by atoms with Crippen LogP contribution in [0.1, 0.15) is 31.2 Å². The molecule has 0 saturated carbocycles. The van der Waals surface area contributed by atoms with E-state index in [0.717, 1.165) is 11.5 Å². The zero-order chi connectivity index (χ0) is 18.5. The van der Waals surface area contributed by atoms with Crippen molar-refractivity contribution >= 4 is 34.0 Å². The van der Waals surface area contributed by atoms with Gasteiger partial charge in [0.15, 0.2) is 0 Å². The number of carbonyl (C=O) groups is 1. The molecule has 2 heterocycles. The Kier molecular flexibility index (Phi) is 5.71. The van der Waals surface area contributed by atoms with Gasteiger partial charge in [-0.15, -0.1) is 16.4 Å². The molecule has 26 heavy (non-hydrogen) atoms. The van der Waals surface area contributed by atoms with Gasteiger partial charge in [-0.05, 0) is 23.6 Å². The Morgan fingerprint density at radius 1 is 1.35 bits per heavy atom. The average molecular weight is 384 g/mol. The zero-order valence-corrected chi connectivity index (χ0v) is 16.0. The van der Waals surface area contributed by atoms with Crippen molar-refractivity contribution in [3.63, 3.8) is 0 Å². The summed E-state index contributed by atoms with van der Waals surface area (Å²) < 4.78 is 1.82. The first-order valence-corrected chi connectivity index (χ1v) is 9.87. The van der Waals surface area contributed by atoms with Crippen LogP contribution >= 0.6 is 23.1 Å². The number of hydrogen-bond acceptors (Lipinski definition) is 6. The van der Waals surface area contributed by atoms with Gasteiger partial charge in [-0.1, -0.05) is 43.8 Å². The van der Waals surface area contributed by atoms with Crippen LogP contribution < -0.4 is 5.32 Å². The SMILES string of the molecule is CC(C)c1nc(SCC(=O)Nc2sccc2C#N)nn1-c1ccccc1. The molecule has 0 bridgehead atoms. The van der Waals surface area contributed by atoms with Crippen molar-refractivity contribution in [3.05, 3.63) is 53.2 Å². The summed E-state index contributed by atoms with van der Waals surface area (Å²) in [6.45, 7) is 4.12. The highest BCUT2D eigenvalue weighted by Crippen LogP contribution is 2.24. The smallest absolute Gasteiger partial charge is 0.235 e. The maximum atomic E-state index is 12.2. The predicted molar refractivity (Wildman–Crippen MR) is 104 cm³/mol. The lowest BCUT2D eigenvalue weighted by atomic mass is 10.2. The third kappa shape index (κ3) is 4.12. The highest BCUT2D eigenvalue weighted by atomic mass is 32.2. The number of benzene rings is 1. The van der Waals surface area contributed by atoms with Crippen molar-refractivity contribution in [2.24, 2.45) is 0 Å². The highest BCUT2D eigenvalue weighted by molar-refractivity contribution is 7.99. The van der Waals surface area contributed by atoms with Gasteiger partial charge in [-0.25, -0.2) is 9.67 Å². The minimum Gasteiger partial charge on any atom is -0.316 e. The van der Waals surface area contributed by atoms with E-state index in [0.29, 0.717) is 15.7 Å². The second kappa shape index (κ2) is 8.17. The molecule has 1 aromatic carbocycles. The Balaban J connectivity index is 1.70. The van der Waals surface area contributed by atoms with Crippen molar-refractivity contribution in [2.45, 2.75) is 24.9 Å². The van der Waals surface area contributed by atoms with E-state index in [1.165, 1.54) is 23.1 Å². The van der Waals surface area contributed by atoms with Gasteiger partial charge in [0.2, 0.25) is 11.1 Å². The van der Waals surface area contributed by atoms with E-state index in [4.69, 9.17) is 5.26 Å². The Morgan fingerprint density at radius 2 is 2.12 bits per heavy atom. The molecule has 3 rings (SSSR count). The summed E-state index contributed by atoms with van der Waals surface area (Å²) in [6.07, 6.45) is 0. The van der Waals surface area contributed by atoms with Gasteiger partial charge in [-0.3, -0.25) is 4.79 Å². The maximum Gasteiger partial charge on any atom is 0.235 e. The number of aromatic nitrogens is 3. The predicted octanol–water partition coefficient (Wildman–Crippen LogP) is 4.05. The molecule has 0 atom stereocenters. The Labute approximate surface area is 159 Å². The topological polar surface area (TPSA) is 83.6 Å². The van der Waals surface area contributed by atoms with Crippen LogP contribution in [0, 0.1) is 11.3 Å². The summed E-state index contributed by atoms with van der Waals surface area (Å²) in [5.74, 6) is 1.05. The molecule has 0 aliphatic heterocycles. The molecule has 2 aromatic heterocycles. The fourth-order valence-electron chi connectivity index (χ4n) is 2.29. The first kappa shape index (κ1) is 18.2. The van der Waals surface area contributed by atoms with Crippen molar-refractivity contribution in [3.8, 4) is 11.8 Å². The number of para-hydroxylation sites is 1. The Bertz CT molecular complexity index is 940. The van der Waals surface area contributed by atoms with Gasteiger partial charge in [0.1, 0.15) is 16.9 Å².